The van der Waals surface area contributed by atoms with Crippen molar-refractivity contribution in [3.05, 3.63) is 70.0 Å². The number of aromatic nitrogens is 4. The Morgan fingerprint density at radius 3 is 2.78 bits per heavy atom. The van der Waals surface area contributed by atoms with Gasteiger partial charge in [0, 0.05) is 30.8 Å². The molecular formula is C24H24N6O2. The second kappa shape index (κ2) is 7.96. The van der Waals surface area contributed by atoms with Crippen molar-refractivity contribution in [1.29, 1.82) is 0 Å². The van der Waals surface area contributed by atoms with E-state index in [4.69, 9.17) is 5.73 Å². The largest absolute Gasteiger partial charge is 0.382 e. The van der Waals surface area contributed by atoms with Gasteiger partial charge >= 0.3 is 0 Å². The molecule has 3 N–H and O–H groups in total. The molecule has 1 amide bonds. The molecule has 0 radical (unpaired) electrons. The third-order valence-corrected chi connectivity index (χ3v) is 6.02. The van der Waals surface area contributed by atoms with Gasteiger partial charge in [-0.25, -0.2) is 5.10 Å². The Kier molecular flexibility index (Phi) is 4.97. The van der Waals surface area contributed by atoms with Gasteiger partial charge in [-0.05, 0) is 43.0 Å². The monoisotopic (exact) mass is 428 g/mol. The van der Waals surface area contributed by atoms with Crippen molar-refractivity contribution in [2.45, 2.75) is 32.7 Å². The number of nitrogens with two attached hydrogens (primary N) is 1. The van der Waals surface area contributed by atoms with Gasteiger partial charge < -0.3 is 10.6 Å². The van der Waals surface area contributed by atoms with Crippen LogP contribution in [0.3, 0.4) is 0 Å². The molecule has 0 spiro atoms. The fraction of sp³-hybridized carbons (Fsp3) is 0.250. The van der Waals surface area contributed by atoms with Gasteiger partial charge in [-0.15, -0.1) is 0 Å². The number of carbonyl (C=O) groups is 1. The highest BCUT2D eigenvalue weighted by Gasteiger charge is 2.26. The SMILES string of the molecule is CCn1nc(-c2ccc3c(c2)CCN3C(=O)CCc2ccccc2)c2c(N)n[nH]c(=O)c21. The summed E-state index contributed by atoms with van der Waals surface area (Å²) in [6.45, 7) is 3.13. The van der Waals surface area contributed by atoms with E-state index in [1.54, 1.807) is 4.68 Å². The van der Waals surface area contributed by atoms with Crippen LogP contribution in [0.1, 0.15) is 24.5 Å². The van der Waals surface area contributed by atoms with Crippen LogP contribution < -0.4 is 16.2 Å². The van der Waals surface area contributed by atoms with Crippen LogP contribution in [0.5, 0.6) is 0 Å². The lowest BCUT2D eigenvalue weighted by molar-refractivity contribution is -0.118. The van der Waals surface area contributed by atoms with Crippen molar-refractivity contribution in [2.75, 3.05) is 17.2 Å². The molecule has 1 aliphatic rings. The smallest absolute Gasteiger partial charge is 0.290 e. The lowest BCUT2D eigenvalue weighted by Crippen LogP contribution is -2.29. The van der Waals surface area contributed by atoms with E-state index in [1.165, 1.54) is 0 Å². The first-order valence-electron chi connectivity index (χ1n) is 10.8. The Balaban J connectivity index is 1.45. The number of aryl methyl sites for hydroxylation is 2. The van der Waals surface area contributed by atoms with Crippen LogP contribution in [0.25, 0.3) is 22.2 Å². The number of H-pyrrole nitrogens is 1. The van der Waals surface area contributed by atoms with E-state index in [-0.39, 0.29) is 17.3 Å². The number of amides is 1. The average molecular weight is 428 g/mol. The van der Waals surface area contributed by atoms with E-state index in [0.29, 0.717) is 36.1 Å². The standard InChI is InChI=1S/C24H24N6O2/c1-2-30-22-20(23(25)26-27-24(22)32)21(28-30)17-9-10-18-16(14-17)12-13-29(18)19(31)11-8-15-6-4-3-5-7-15/h3-7,9-10,14H,2,8,11-13H2,1H3,(H2,25,26)(H,27,32). The number of nitrogens with one attached hydrogen (secondary N) is 1. The number of rotatable bonds is 5. The molecule has 8 nitrogen and oxygen atoms in total. The van der Waals surface area contributed by atoms with Crippen molar-refractivity contribution >= 4 is 28.3 Å². The zero-order valence-corrected chi connectivity index (χ0v) is 17.8. The third-order valence-electron chi connectivity index (χ3n) is 6.02. The molecule has 0 unspecified atom stereocenters. The van der Waals surface area contributed by atoms with E-state index >= 15 is 0 Å². The van der Waals surface area contributed by atoms with Crippen molar-refractivity contribution in [2.24, 2.45) is 0 Å². The maximum atomic E-state index is 12.9. The van der Waals surface area contributed by atoms with Gasteiger partial charge in [0.1, 0.15) is 11.2 Å². The average Bonchev–Trinajstić information content (AvgIpc) is 3.42. The molecule has 1 aliphatic heterocycles. The quantitative estimate of drug-likeness (QED) is 0.508. The van der Waals surface area contributed by atoms with Crippen LogP contribution in [0.4, 0.5) is 11.5 Å². The molecule has 0 saturated heterocycles. The molecule has 2 aromatic heterocycles. The van der Waals surface area contributed by atoms with Crippen molar-refractivity contribution in [3.8, 4) is 11.3 Å². The molecule has 5 rings (SSSR count). The third kappa shape index (κ3) is 3.33. The van der Waals surface area contributed by atoms with Crippen molar-refractivity contribution < 1.29 is 4.79 Å². The molecule has 32 heavy (non-hydrogen) atoms. The second-order valence-electron chi connectivity index (χ2n) is 7.95. The fourth-order valence-electron chi connectivity index (χ4n) is 4.43. The van der Waals surface area contributed by atoms with E-state index in [0.717, 1.165) is 35.2 Å². The number of nitrogen functional groups attached to an aromatic ring is 1. The van der Waals surface area contributed by atoms with E-state index in [2.05, 4.69) is 15.3 Å². The van der Waals surface area contributed by atoms with Crippen LogP contribution in [0.15, 0.2) is 53.3 Å². The molecule has 0 saturated carbocycles. The number of anilines is 2. The normalized spacial score (nSPS) is 13.0. The zero-order chi connectivity index (χ0) is 22.2. The summed E-state index contributed by atoms with van der Waals surface area (Å²) in [5, 5.41) is 11.6. The minimum absolute atomic E-state index is 0.126. The minimum atomic E-state index is -0.314. The van der Waals surface area contributed by atoms with Crippen LogP contribution in [0.2, 0.25) is 0 Å². The lowest BCUT2D eigenvalue weighted by atomic mass is 10.0. The predicted octanol–water partition coefficient (Wildman–Crippen LogP) is 2.91. The van der Waals surface area contributed by atoms with Gasteiger partial charge in [-0.3, -0.25) is 14.3 Å². The highest BCUT2D eigenvalue weighted by molar-refractivity contribution is 6.01. The predicted molar refractivity (Wildman–Crippen MR) is 124 cm³/mol. The van der Waals surface area contributed by atoms with E-state index in [9.17, 15) is 9.59 Å². The Bertz CT molecular complexity index is 1370. The Morgan fingerprint density at radius 1 is 1.19 bits per heavy atom. The first kappa shape index (κ1) is 20.0. The molecule has 0 bridgehead atoms. The molecule has 4 aromatic rings. The summed E-state index contributed by atoms with van der Waals surface area (Å²) in [4.78, 5) is 27.1. The summed E-state index contributed by atoms with van der Waals surface area (Å²) in [6.07, 6.45) is 1.98. The molecule has 3 heterocycles. The number of benzene rings is 2. The number of aromatic amines is 1. The topological polar surface area (TPSA) is 110 Å². The summed E-state index contributed by atoms with van der Waals surface area (Å²) < 4.78 is 1.65. The van der Waals surface area contributed by atoms with Gasteiger partial charge in [-0.1, -0.05) is 36.4 Å². The first-order valence-corrected chi connectivity index (χ1v) is 10.8. The molecule has 8 heteroatoms. The fourth-order valence-corrected chi connectivity index (χ4v) is 4.43. The summed E-state index contributed by atoms with van der Waals surface area (Å²) in [6, 6.07) is 16.0. The van der Waals surface area contributed by atoms with Gasteiger partial charge in [0.05, 0.1) is 5.39 Å². The lowest BCUT2D eigenvalue weighted by Gasteiger charge is -2.17. The highest BCUT2D eigenvalue weighted by Crippen LogP contribution is 2.35. The summed E-state index contributed by atoms with van der Waals surface area (Å²) >= 11 is 0. The summed E-state index contributed by atoms with van der Waals surface area (Å²) in [7, 11) is 0. The van der Waals surface area contributed by atoms with Crippen molar-refractivity contribution in [3.63, 3.8) is 0 Å². The van der Waals surface area contributed by atoms with Crippen LogP contribution >= 0.6 is 0 Å². The first-order chi connectivity index (χ1) is 15.6. The van der Waals surface area contributed by atoms with E-state index in [1.807, 2.05) is 60.4 Å². The molecule has 0 aliphatic carbocycles. The number of carbonyl (C=O) groups excluding carboxylic acids is 1. The summed E-state index contributed by atoms with van der Waals surface area (Å²) in [5.74, 6) is 0.369. The highest BCUT2D eigenvalue weighted by atomic mass is 16.2. The van der Waals surface area contributed by atoms with Gasteiger partial charge in [-0.2, -0.15) is 10.2 Å². The van der Waals surface area contributed by atoms with Crippen molar-refractivity contribution in [1.82, 2.24) is 20.0 Å². The van der Waals surface area contributed by atoms with Crippen LogP contribution in [-0.4, -0.2) is 32.4 Å². The van der Waals surface area contributed by atoms with Crippen LogP contribution in [0, 0.1) is 0 Å². The minimum Gasteiger partial charge on any atom is -0.382 e. The van der Waals surface area contributed by atoms with Gasteiger partial charge in [0.25, 0.3) is 5.56 Å². The van der Waals surface area contributed by atoms with Gasteiger partial charge in [0.2, 0.25) is 5.91 Å². The number of nitrogens with zero attached hydrogens (tertiary/aromatic N) is 4. The zero-order valence-electron chi connectivity index (χ0n) is 17.8. The maximum Gasteiger partial charge on any atom is 0.290 e. The maximum absolute atomic E-state index is 12.9. The Labute approximate surface area is 184 Å². The second-order valence-corrected chi connectivity index (χ2v) is 7.95. The number of hydrogen-bond donors (Lipinski definition) is 2. The van der Waals surface area contributed by atoms with Crippen LogP contribution in [-0.2, 0) is 24.2 Å². The Morgan fingerprint density at radius 2 is 2.00 bits per heavy atom. The molecular weight excluding hydrogens is 404 g/mol. The molecule has 2 aromatic carbocycles. The number of fused-ring (bicyclic) bond motifs is 2. The number of hydrogen-bond acceptors (Lipinski definition) is 5. The molecule has 0 fully saturated rings. The van der Waals surface area contributed by atoms with Gasteiger partial charge in [0.15, 0.2) is 5.82 Å². The summed E-state index contributed by atoms with van der Waals surface area (Å²) in [5.41, 5.74) is 10.9. The molecule has 162 valence electrons. The van der Waals surface area contributed by atoms with E-state index < -0.39 is 0 Å². The molecule has 0 atom stereocenters. The Hall–Kier alpha value is -3.94.